The topological polar surface area (TPSA) is 20.2 Å². The smallest absolute Gasteiger partial charge is 0.0459 e. The summed E-state index contributed by atoms with van der Waals surface area (Å²) in [6.07, 6.45) is 14.8. The van der Waals surface area contributed by atoms with Gasteiger partial charge in [-0.15, -0.1) is 0 Å². The van der Waals surface area contributed by atoms with E-state index in [1.807, 2.05) is 0 Å². The van der Waals surface area contributed by atoms with Crippen molar-refractivity contribution in [2.45, 2.75) is 85.0 Å². The zero-order valence-electron chi connectivity index (χ0n) is 15.7. The maximum Gasteiger partial charge on any atom is 0.0459 e. The molecule has 0 aromatic heterocycles. The summed E-state index contributed by atoms with van der Waals surface area (Å²) in [5, 5.41) is 9.73. The molecule has 23 heavy (non-hydrogen) atoms. The highest BCUT2D eigenvalue weighted by atomic mass is 16.3. The standard InChI is InChI=1S/C22H38O/c1-15(14-23)18-9-10-19-17-8-7-16-6-4-5-12-21(16,2)20(17)11-13-22(18,19)3/h15-20,23H,4-14H2,1-3H3/t15?,16-,17-,18+,19-,20-,21-,22+/m0/s1. The van der Waals surface area contributed by atoms with Crippen molar-refractivity contribution in [2.75, 3.05) is 6.61 Å². The average Bonchev–Trinajstić information content (AvgIpc) is 2.91. The molecule has 0 radical (unpaired) electrons. The molecule has 0 bridgehead atoms. The van der Waals surface area contributed by atoms with E-state index in [9.17, 15) is 5.11 Å². The first-order valence-electron chi connectivity index (χ1n) is 10.6. The molecule has 8 atom stereocenters. The second-order valence-corrected chi connectivity index (χ2v) is 10.3. The van der Waals surface area contributed by atoms with Crippen LogP contribution >= 0.6 is 0 Å². The summed E-state index contributed by atoms with van der Waals surface area (Å²) in [5.74, 6) is 5.29. The highest BCUT2D eigenvalue weighted by Crippen LogP contribution is 2.68. The molecule has 0 aromatic rings. The van der Waals surface area contributed by atoms with Crippen LogP contribution in [-0.4, -0.2) is 11.7 Å². The molecule has 0 aliphatic heterocycles. The van der Waals surface area contributed by atoms with Gasteiger partial charge in [-0.1, -0.05) is 33.6 Å². The summed E-state index contributed by atoms with van der Waals surface area (Å²) in [6, 6.07) is 0. The number of fused-ring (bicyclic) bond motifs is 5. The van der Waals surface area contributed by atoms with E-state index in [4.69, 9.17) is 0 Å². The van der Waals surface area contributed by atoms with E-state index in [1.54, 1.807) is 0 Å². The fraction of sp³-hybridized carbons (Fsp3) is 1.00. The molecule has 0 saturated heterocycles. The van der Waals surface area contributed by atoms with E-state index in [2.05, 4.69) is 20.8 Å². The Morgan fingerprint density at radius 2 is 1.65 bits per heavy atom. The van der Waals surface area contributed by atoms with E-state index in [0.717, 1.165) is 29.6 Å². The predicted octanol–water partition coefficient (Wildman–Crippen LogP) is 5.66. The Labute approximate surface area is 143 Å². The number of hydrogen-bond donors (Lipinski definition) is 1. The van der Waals surface area contributed by atoms with Crippen LogP contribution in [0.25, 0.3) is 0 Å². The normalized spacial score (nSPS) is 54.0. The summed E-state index contributed by atoms with van der Waals surface area (Å²) in [4.78, 5) is 0. The second-order valence-electron chi connectivity index (χ2n) is 10.3. The number of rotatable bonds is 2. The summed E-state index contributed by atoms with van der Waals surface area (Å²) in [7, 11) is 0. The number of aliphatic hydroxyl groups is 1. The van der Waals surface area contributed by atoms with E-state index < -0.39 is 0 Å². The molecule has 0 spiro atoms. The van der Waals surface area contributed by atoms with E-state index in [0.29, 0.717) is 23.4 Å². The Balaban J connectivity index is 1.60. The van der Waals surface area contributed by atoms with Crippen LogP contribution in [0.1, 0.15) is 85.0 Å². The lowest BCUT2D eigenvalue weighted by atomic mass is 9.44. The summed E-state index contributed by atoms with van der Waals surface area (Å²) in [6.45, 7) is 7.97. The van der Waals surface area contributed by atoms with Crippen molar-refractivity contribution in [3.05, 3.63) is 0 Å². The largest absolute Gasteiger partial charge is 0.396 e. The number of hydrogen-bond acceptors (Lipinski definition) is 1. The third-order valence-electron chi connectivity index (χ3n) is 9.63. The molecule has 1 heteroatoms. The van der Waals surface area contributed by atoms with Gasteiger partial charge in [0.15, 0.2) is 0 Å². The van der Waals surface area contributed by atoms with Crippen molar-refractivity contribution >= 4 is 0 Å². The summed E-state index contributed by atoms with van der Waals surface area (Å²) < 4.78 is 0. The van der Waals surface area contributed by atoms with Crippen molar-refractivity contribution in [2.24, 2.45) is 46.3 Å². The van der Waals surface area contributed by atoms with Gasteiger partial charge in [0.1, 0.15) is 0 Å². The molecule has 0 amide bonds. The van der Waals surface area contributed by atoms with Gasteiger partial charge >= 0.3 is 0 Å². The molecular formula is C22H38O. The first-order chi connectivity index (χ1) is 11.0. The molecule has 132 valence electrons. The molecule has 4 aliphatic carbocycles. The lowest BCUT2D eigenvalue weighted by molar-refractivity contribution is -0.115. The molecule has 0 heterocycles. The van der Waals surface area contributed by atoms with Crippen LogP contribution in [-0.2, 0) is 0 Å². The molecule has 4 rings (SSSR count). The van der Waals surface area contributed by atoms with Crippen LogP contribution in [0.2, 0.25) is 0 Å². The number of aliphatic hydroxyl groups excluding tert-OH is 1. The lowest BCUT2D eigenvalue weighted by Gasteiger charge is -2.60. The predicted molar refractivity (Wildman–Crippen MR) is 96.1 cm³/mol. The van der Waals surface area contributed by atoms with Crippen LogP contribution in [0.5, 0.6) is 0 Å². The third kappa shape index (κ3) is 2.28. The molecular weight excluding hydrogens is 280 g/mol. The fourth-order valence-corrected chi connectivity index (χ4v) is 8.40. The Morgan fingerprint density at radius 3 is 2.43 bits per heavy atom. The van der Waals surface area contributed by atoms with Crippen LogP contribution in [0, 0.1) is 46.3 Å². The zero-order valence-corrected chi connectivity index (χ0v) is 15.7. The van der Waals surface area contributed by atoms with Crippen molar-refractivity contribution in [1.82, 2.24) is 0 Å². The summed E-state index contributed by atoms with van der Waals surface area (Å²) >= 11 is 0. The highest BCUT2D eigenvalue weighted by Gasteiger charge is 2.59. The van der Waals surface area contributed by atoms with Gasteiger partial charge in [-0.2, -0.15) is 0 Å². The van der Waals surface area contributed by atoms with Gasteiger partial charge in [0.25, 0.3) is 0 Å². The van der Waals surface area contributed by atoms with E-state index in [1.165, 1.54) is 64.2 Å². The maximum absolute atomic E-state index is 9.73. The van der Waals surface area contributed by atoms with Gasteiger partial charge in [0.05, 0.1) is 0 Å². The monoisotopic (exact) mass is 318 g/mol. The quantitative estimate of drug-likeness (QED) is 0.696. The zero-order chi connectivity index (χ0) is 16.2. The first kappa shape index (κ1) is 16.4. The minimum atomic E-state index is 0.390. The molecule has 4 saturated carbocycles. The average molecular weight is 319 g/mol. The Morgan fingerprint density at radius 1 is 0.870 bits per heavy atom. The van der Waals surface area contributed by atoms with Gasteiger partial charge in [0.2, 0.25) is 0 Å². The molecule has 1 nitrogen and oxygen atoms in total. The highest BCUT2D eigenvalue weighted by molar-refractivity contribution is 5.09. The molecule has 0 aromatic carbocycles. The van der Waals surface area contributed by atoms with E-state index >= 15 is 0 Å². The van der Waals surface area contributed by atoms with Gasteiger partial charge in [0, 0.05) is 6.61 Å². The molecule has 1 N–H and O–H groups in total. The SMILES string of the molecule is CC(CO)[C@H]1CC[C@H]2[C@@H]3CC[C@@H]4CCCC[C@]4(C)[C@H]3CC[C@]12C. The van der Waals surface area contributed by atoms with Crippen molar-refractivity contribution < 1.29 is 5.11 Å². The van der Waals surface area contributed by atoms with Crippen LogP contribution in [0.4, 0.5) is 0 Å². The van der Waals surface area contributed by atoms with Crippen molar-refractivity contribution in [1.29, 1.82) is 0 Å². The Hall–Kier alpha value is -0.0400. The van der Waals surface area contributed by atoms with Crippen LogP contribution in [0.15, 0.2) is 0 Å². The minimum Gasteiger partial charge on any atom is -0.396 e. The van der Waals surface area contributed by atoms with Crippen molar-refractivity contribution in [3.63, 3.8) is 0 Å². The van der Waals surface area contributed by atoms with E-state index in [-0.39, 0.29) is 0 Å². The fourth-order valence-electron chi connectivity index (χ4n) is 8.40. The van der Waals surface area contributed by atoms with Gasteiger partial charge in [-0.25, -0.2) is 0 Å². The van der Waals surface area contributed by atoms with Gasteiger partial charge in [-0.05, 0) is 97.7 Å². The first-order valence-corrected chi connectivity index (χ1v) is 10.6. The van der Waals surface area contributed by atoms with Gasteiger partial charge in [-0.3, -0.25) is 0 Å². The Kier molecular flexibility index (Phi) is 4.11. The van der Waals surface area contributed by atoms with Gasteiger partial charge < -0.3 is 5.11 Å². The Bertz CT molecular complexity index is 445. The molecule has 4 aliphatic rings. The van der Waals surface area contributed by atoms with Crippen LogP contribution in [0.3, 0.4) is 0 Å². The third-order valence-corrected chi connectivity index (χ3v) is 9.63. The maximum atomic E-state index is 9.73. The summed E-state index contributed by atoms with van der Waals surface area (Å²) in [5.41, 5.74) is 1.20. The van der Waals surface area contributed by atoms with Crippen LogP contribution < -0.4 is 0 Å². The molecule has 1 unspecified atom stereocenters. The lowest BCUT2D eigenvalue weighted by Crippen LogP contribution is -2.53. The minimum absolute atomic E-state index is 0.390. The molecule has 4 fully saturated rings. The second kappa shape index (κ2) is 5.75. The van der Waals surface area contributed by atoms with Crippen molar-refractivity contribution in [3.8, 4) is 0 Å².